The van der Waals surface area contributed by atoms with E-state index in [1.54, 1.807) is 0 Å². The molecular formula is C24H29N2O3+. The molecule has 29 heavy (non-hydrogen) atoms. The Bertz CT molecular complexity index is 1010. The summed E-state index contributed by atoms with van der Waals surface area (Å²) in [5.41, 5.74) is 4.62. The molecule has 4 rings (SSSR count). The molecule has 0 fully saturated rings. The van der Waals surface area contributed by atoms with Gasteiger partial charge < -0.3 is 19.4 Å². The van der Waals surface area contributed by atoms with Crippen molar-refractivity contribution >= 4 is 16.9 Å². The van der Waals surface area contributed by atoms with Gasteiger partial charge in [0.15, 0.2) is 6.61 Å². The van der Waals surface area contributed by atoms with Crippen LogP contribution in [0.15, 0.2) is 46.9 Å². The monoisotopic (exact) mass is 393 g/mol. The Morgan fingerprint density at radius 2 is 1.90 bits per heavy atom. The molecule has 5 nitrogen and oxygen atoms in total. The van der Waals surface area contributed by atoms with Crippen molar-refractivity contribution in [1.29, 1.82) is 0 Å². The molecular weight excluding hydrogens is 364 g/mol. The Hall–Kier alpha value is -2.79. The van der Waals surface area contributed by atoms with Gasteiger partial charge in [-0.2, -0.15) is 0 Å². The molecule has 0 unspecified atom stereocenters. The zero-order chi connectivity index (χ0) is 20.2. The molecule has 0 spiro atoms. The normalized spacial score (nSPS) is 13.5. The van der Waals surface area contributed by atoms with Gasteiger partial charge in [-0.1, -0.05) is 24.3 Å². The van der Waals surface area contributed by atoms with Crippen LogP contribution in [0.1, 0.15) is 35.3 Å². The fourth-order valence-corrected chi connectivity index (χ4v) is 4.01. The van der Waals surface area contributed by atoms with Gasteiger partial charge >= 0.3 is 0 Å². The summed E-state index contributed by atoms with van der Waals surface area (Å²) in [5, 5.41) is 4.10. The molecule has 0 saturated heterocycles. The smallest absolute Gasteiger partial charge is 0.258 e. The van der Waals surface area contributed by atoms with Crippen molar-refractivity contribution in [3.05, 3.63) is 64.9 Å². The van der Waals surface area contributed by atoms with Gasteiger partial charge in [-0.3, -0.25) is 4.79 Å². The average molecular weight is 394 g/mol. The maximum atomic E-state index is 12.3. The fraction of sp³-hybridized carbons (Fsp3) is 0.375. The van der Waals surface area contributed by atoms with E-state index in [1.165, 1.54) is 28.9 Å². The summed E-state index contributed by atoms with van der Waals surface area (Å²) in [7, 11) is 4.24. The van der Waals surface area contributed by atoms with E-state index in [4.69, 9.17) is 9.15 Å². The number of hydrogen-bond acceptors (Lipinski definition) is 3. The highest BCUT2D eigenvalue weighted by Crippen LogP contribution is 2.33. The highest BCUT2D eigenvalue weighted by molar-refractivity contribution is 5.84. The molecule has 5 heteroatoms. The van der Waals surface area contributed by atoms with E-state index < -0.39 is 0 Å². The van der Waals surface area contributed by atoms with Gasteiger partial charge in [0, 0.05) is 29.5 Å². The number of nitrogens with one attached hydrogen (secondary N) is 2. The van der Waals surface area contributed by atoms with E-state index in [0.717, 1.165) is 41.7 Å². The molecule has 152 valence electrons. The largest absolute Gasteiger partial charge is 0.484 e. The predicted molar refractivity (Wildman–Crippen MR) is 113 cm³/mol. The molecule has 0 saturated carbocycles. The molecule has 1 aliphatic carbocycles. The molecule has 0 radical (unpaired) electrons. The molecule has 3 aromatic rings. The van der Waals surface area contributed by atoms with Crippen LogP contribution in [0.4, 0.5) is 0 Å². The van der Waals surface area contributed by atoms with Crippen molar-refractivity contribution < 1.29 is 18.8 Å². The summed E-state index contributed by atoms with van der Waals surface area (Å²) in [6, 6.07) is 14.1. The van der Waals surface area contributed by atoms with Crippen molar-refractivity contribution in [2.75, 3.05) is 20.7 Å². The van der Waals surface area contributed by atoms with Gasteiger partial charge in [-0.05, 0) is 43.0 Å². The van der Waals surface area contributed by atoms with E-state index in [9.17, 15) is 4.79 Å². The number of benzene rings is 2. The maximum absolute atomic E-state index is 12.3. The summed E-state index contributed by atoms with van der Waals surface area (Å²) >= 11 is 0. The lowest BCUT2D eigenvalue weighted by atomic mass is 9.96. The van der Waals surface area contributed by atoms with E-state index >= 15 is 0 Å². The van der Waals surface area contributed by atoms with Gasteiger partial charge in [0.2, 0.25) is 0 Å². The standard InChI is InChI=1S/C24H28N2O3/c1-26(2)15-18-8-4-3-7-17(18)14-25-24(27)16-28-19-11-12-23-21(13-19)20-9-5-6-10-22(20)29-23/h3-4,7-8,11-13H,5-6,9-10,14-16H2,1-2H3,(H,25,27)/p+1. The van der Waals surface area contributed by atoms with Crippen LogP contribution in [0.2, 0.25) is 0 Å². The molecule has 2 N–H and O–H groups in total. The first kappa shape index (κ1) is 19.5. The maximum Gasteiger partial charge on any atom is 0.258 e. The summed E-state index contributed by atoms with van der Waals surface area (Å²) in [4.78, 5) is 13.7. The zero-order valence-corrected chi connectivity index (χ0v) is 17.2. The Balaban J connectivity index is 1.35. The summed E-state index contributed by atoms with van der Waals surface area (Å²) in [6.07, 6.45) is 4.46. The number of amides is 1. The van der Waals surface area contributed by atoms with E-state index in [-0.39, 0.29) is 12.5 Å². The van der Waals surface area contributed by atoms with Crippen LogP contribution in [0.25, 0.3) is 11.0 Å². The second kappa shape index (κ2) is 8.70. The third-order valence-electron chi connectivity index (χ3n) is 5.43. The number of furan rings is 1. The highest BCUT2D eigenvalue weighted by atomic mass is 16.5. The van der Waals surface area contributed by atoms with Crippen LogP contribution in [0, 0.1) is 0 Å². The topological polar surface area (TPSA) is 55.9 Å². The SMILES string of the molecule is C[NH+](C)Cc1ccccc1CNC(=O)COc1ccc2oc3c(c2c1)CCCC3. The van der Waals surface area contributed by atoms with Gasteiger partial charge in [0.05, 0.1) is 14.1 Å². The highest BCUT2D eigenvalue weighted by Gasteiger charge is 2.18. The van der Waals surface area contributed by atoms with Crippen molar-refractivity contribution in [2.45, 2.75) is 38.8 Å². The number of carbonyl (C=O) groups excluding carboxylic acids is 1. The van der Waals surface area contributed by atoms with Crippen molar-refractivity contribution in [3.63, 3.8) is 0 Å². The first-order chi connectivity index (χ1) is 14.1. The first-order valence-corrected chi connectivity index (χ1v) is 10.4. The molecule has 1 heterocycles. The number of fused-ring (bicyclic) bond motifs is 3. The number of rotatable bonds is 7. The Morgan fingerprint density at radius 1 is 1.10 bits per heavy atom. The minimum Gasteiger partial charge on any atom is -0.484 e. The predicted octanol–water partition coefficient (Wildman–Crippen LogP) is 2.65. The van der Waals surface area contributed by atoms with Crippen molar-refractivity contribution in [1.82, 2.24) is 5.32 Å². The number of aryl methyl sites for hydroxylation is 2. The second-order valence-electron chi connectivity index (χ2n) is 8.09. The molecule has 0 aliphatic heterocycles. The Morgan fingerprint density at radius 3 is 2.72 bits per heavy atom. The third-order valence-corrected chi connectivity index (χ3v) is 5.43. The molecule has 2 aromatic carbocycles. The van der Waals surface area contributed by atoms with Crippen LogP contribution < -0.4 is 15.0 Å². The molecule has 1 aliphatic rings. The lowest BCUT2D eigenvalue weighted by molar-refractivity contribution is -0.872. The zero-order valence-electron chi connectivity index (χ0n) is 17.2. The quantitative estimate of drug-likeness (QED) is 0.649. The van der Waals surface area contributed by atoms with Gasteiger partial charge in [0.1, 0.15) is 23.6 Å². The van der Waals surface area contributed by atoms with Gasteiger partial charge in [0.25, 0.3) is 5.91 Å². The van der Waals surface area contributed by atoms with Crippen molar-refractivity contribution in [3.8, 4) is 5.75 Å². The number of hydrogen-bond donors (Lipinski definition) is 2. The molecule has 0 atom stereocenters. The number of quaternary nitrogens is 1. The fourth-order valence-electron chi connectivity index (χ4n) is 4.01. The van der Waals surface area contributed by atoms with Crippen LogP contribution >= 0.6 is 0 Å². The molecule has 1 amide bonds. The first-order valence-electron chi connectivity index (χ1n) is 10.4. The Kier molecular flexibility index (Phi) is 5.86. The van der Waals surface area contributed by atoms with Crippen molar-refractivity contribution in [2.24, 2.45) is 0 Å². The van der Waals surface area contributed by atoms with E-state index in [1.807, 2.05) is 30.3 Å². The van der Waals surface area contributed by atoms with Gasteiger partial charge in [-0.15, -0.1) is 0 Å². The number of carbonyl (C=O) groups is 1. The van der Waals surface area contributed by atoms with E-state index in [2.05, 4.69) is 31.5 Å². The molecule has 1 aromatic heterocycles. The molecule has 0 bridgehead atoms. The summed E-state index contributed by atoms with van der Waals surface area (Å²) in [6.45, 7) is 1.45. The van der Waals surface area contributed by atoms with Crippen LogP contribution in [0.5, 0.6) is 5.75 Å². The van der Waals surface area contributed by atoms with E-state index in [0.29, 0.717) is 12.3 Å². The Labute approximate surface area is 171 Å². The summed E-state index contributed by atoms with van der Waals surface area (Å²) < 4.78 is 11.7. The lowest BCUT2D eigenvalue weighted by Gasteiger charge is -2.13. The average Bonchev–Trinajstić information content (AvgIpc) is 3.09. The lowest BCUT2D eigenvalue weighted by Crippen LogP contribution is -3.04. The third kappa shape index (κ3) is 4.62. The van der Waals surface area contributed by atoms with Gasteiger partial charge in [-0.25, -0.2) is 0 Å². The summed E-state index contributed by atoms with van der Waals surface area (Å²) in [5.74, 6) is 1.70. The number of ether oxygens (including phenoxy) is 1. The van der Waals surface area contributed by atoms with Crippen LogP contribution in [-0.4, -0.2) is 26.6 Å². The van der Waals surface area contributed by atoms with Crippen LogP contribution in [-0.2, 0) is 30.7 Å². The van der Waals surface area contributed by atoms with Crippen LogP contribution in [0.3, 0.4) is 0 Å². The minimum atomic E-state index is -0.119. The minimum absolute atomic E-state index is 0.00659. The second-order valence-corrected chi connectivity index (χ2v) is 8.09.